The van der Waals surface area contributed by atoms with Crippen LogP contribution in [0.2, 0.25) is 5.02 Å². The van der Waals surface area contributed by atoms with Crippen LogP contribution in [0.4, 0.5) is 33.5 Å². The first-order valence-corrected chi connectivity index (χ1v) is 27.4. The molecule has 3 aromatic carbocycles. The van der Waals surface area contributed by atoms with Crippen molar-refractivity contribution in [1.82, 2.24) is 30.0 Å². The molecule has 2 aromatic heterocycles. The van der Waals surface area contributed by atoms with Gasteiger partial charge in [-0.25, -0.2) is 32.5 Å². The molecule has 26 heteroatoms. The molecule has 0 radical (unpaired) electrons. The lowest BCUT2D eigenvalue weighted by molar-refractivity contribution is -0.164. The van der Waals surface area contributed by atoms with Crippen molar-refractivity contribution in [3.8, 4) is 11.8 Å². The van der Waals surface area contributed by atoms with Gasteiger partial charge in [0.25, 0.3) is 11.8 Å². The number of nitrogens with one attached hydrogen (secondary N) is 4. The molecule has 1 fully saturated rings. The Balaban J connectivity index is 0.722. The number of carbonyl (C=O) groups is 2. The van der Waals surface area contributed by atoms with Crippen molar-refractivity contribution >= 4 is 78.5 Å². The number of aromatic nitrogens is 4. The molecule has 0 atom stereocenters. The van der Waals surface area contributed by atoms with Gasteiger partial charge in [0, 0.05) is 67.4 Å². The van der Waals surface area contributed by atoms with Gasteiger partial charge in [-0.05, 0) is 64.5 Å². The van der Waals surface area contributed by atoms with Crippen LogP contribution in [0.25, 0.3) is 0 Å². The molecule has 22 nitrogen and oxygen atoms in total. The number of nitrogens with zero attached hydrogens (tertiary/aromatic N) is 6. The second kappa shape index (κ2) is 29.2. The highest BCUT2D eigenvalue weighted by Crippen LogP contribution is 2.55. The van der Waals surface area contributed by atoms with Gasteiger partial charge in [-0.1, -0.05) is 45.4 Å². The molecule has 78 heavy (non-hydrogen) atoms. The maximum absolute atomic E-state index is 14.2. The number of carbonyl (C=O) groups excluding carboxylic acids is 2. The van der Waals surface area contributed by atoms with E-state index < -0.39 is 32.6 Å². The Morgan fingerprint density at radius 3 is 1.95 bits per heavy atom. The second-order valence-corrected chi connectivity index (χ2v) is 21.8. The number of ether oxygens (including phenoxy) is 7. The third-order valence-electron chi connectivity index (χ3n) is 12.3. The number of sulfonamides is 1. The number of hydrogen-bond acceptors (Lipinski definition) is 19. The van der Waals surface area contributed by atoms with Crippen molar-refractivity contribution in [2.24, 2.45) is 16.6 Å². The quantitative estimate of drug-likeness (QED) is 0.0284. The van der Waals surface area contributed by atoms with Gasteiger partial charge >= 0.3 is 0 Å². The molecule has 0 saturated heterocycles. The predicted molar refractivity (Wildman–Crippen MR) is 292 cm³/mol. The van der Waals surface area contributed by atoms with E-state index in [0.717, 1.165) is 6.07 Å². The van der Waals surface area contributed by atoms with Gasteiger partial charge < -0.3 is 59.7 Å². The van der Waals surface area contributed by atoms with Gasteiger partial charge in [0.05, 0.1) is 116 Å². The fraction of sp³-hybridized carbons (Fsp3) is 0.442. The number of nitriles is 1. The number of halogens is 3. The summed E-state index contributed by atoms with van der Waals surface area (Å²) in [7, 11) is -1.98. The van der Waals surface area contributed by atoms with Crippen LogP contribution in [0.3, 0.4) is 0 Å². The maximum Gasteiger partial charge on any atom is 0.254 e. The number of hydrogen-bond donors (Lipinski definition) is 5. The summed E-state index contributed by atoms with van der Waals surface area (Å²) in [5, 5.41) is 18.5. The van der Waals surface area contributed by atoms with Crippen LogP contribution < -0.4 is 36.0 Å². The van der Waals surface area contributed by atoms with Crippen molar-refractivity contribution in [3.63, 3.8) is 0 Å². The number of nitrogens with two attached hydrogens (primary N) is 1. The topological polar surface area (TPSA) is 286 Å². The minimum Gasteiger partial charge on any atom is -0.489 e. The van der Waals surface area contributed by atoms with E-state index in [0.29, 0.717) is 111 Å². The summed E-state index contributed by atoms with van der Waals surface area (Å²) >= 11 is 9.55. The highest BCUT2D eigenvalue weighted by molar-refractivity contribution is 9.10. The molecule has 1 aliphatic carbocycles. The van der Waals surface area contributed by atoms with Crippen LogP contribution in [0, 0.1) is 28.0 Å². The predicted octanol–water partition coefficient (Wildman–Crippen LogP) is 6.41. The molecule has 1 aliphatic rings. The van der Waals surface area contributed by atoms with Crippen LogP contribution in [-0.4, -0.2) is 152 Å². The van der Waals surface area contributed by atoms with E-state index in [1.54, 1.807) is 30.3 Å². The highest BCUT2D eigenvalue weighted by Gasteiger charge is 2.64. The Bertz CT molecular complexity index is 2930. The molecule has 6 rings (SSSR count). The lowest BCUT2D eigenvalue weighted by atomic mass is 9.49. The highest BCUT2D eigenvalue weighted by atomic mass is 79.9. The molecule has 2 amide bonds. The zero-order chi connectivity index (χ0) is 56.3. The Morgan fingerprint density at radius 1 is 0.808 bits per heavy atom. The summed E-state index contributed by atoms with van der Waals surface area (Å²) in [5.74, 6) is -0.626. The van der Waals surface area contributed by atoms with Gasteiger partial charge in [-0.2, -0.15) is 10.2 Å². The van der Waals surface area contributed by atoms with Crippen molar-refractivity contribution in [2.75, 3.05) is 115 Å². The summed E-state index contributed by atoms with van der Waals surface area (Å²) in [6.07, 6.45) is 4.24. The molecule has 2 heterocycles. The van der Waals surface area contributed by atoms with E-state index >= 15 is 0 Å². The van der Waals surface area contributed by atoms with E-state index in [9.17, 15) is 27.7 Å². The monoisotopic (exact) mass is 1180 g/mol. The molecule has 1 saturated carbocycles. The lowest BCUT2D eigenvalue weighted by Gasteiger charge is -2.63. The zero-order valence-electron chi connectivity index (χ0n) is 43.9. The Kier molecular flexibility index (Phi) is 22.8. The maximum atomic E-state index is 14.2. The zero-order valence-corrected chi connectivity index (χ0v) is 47.0. The normalized spacial score (nSPS) is 15.4. The fourth-order valence-electron chi connectivity index (χ4n) is 8.65. The average Bonchev–Trinajstić information content (AvgIpc) is 3.61. The number of rotatable bonds is 33. The van der Waals surface area contributed by atoms with Gasteiger partial charge in [0.15, 0.2) is 0 Å². The number of likely N-dealkylation sites (N-methyl/N-ethyl adjacent to an activating group) is 1. The fourth-order valence-corrected chi connectivity index (χ4v) is 10.2. The summed E-state index contributed by atoms with van der Waals surface area (Å²) in [6, 6.07) is 16.8. The Labute approximate surface area is 466 Å². The summed E-state index contributed by atoms with van der Waals surface area (Å²) < 4.78 is 82.5. The van der Waals surface area contributed by atoms with Crippen molar-refractivity contribution in [1.29, 1.82) is 5.26 Å². The minimum absolute atomic E-state index is 0.0383. The number of anilines is 5. The first kappa shape index (κ1) is 61.0. The third kappa shape index (κ3) is 17.2. The van der Waals surface area contributed by atoms with Gasteiger partial charge in [0.2, 0.25) is 21.9 Å². The van der Waals surface area contributed by atoms with E-state index in [1.807, 2.05) is 39.6 Å². The van der Waals surface area contributed by atoms with E-state index in [-0.39, 0.29) is 65.7 Å². The molecule has 0 bridgehead atoms. The van der Waals surface area contributed by atoms with Gasteiger partial charge in [-0.3, -0.25) is 9.59 Å². The number of benzene rings is 3. The van der Waals surface area contributed by atoms with Crippen LogP contribution in [0.5, 0.6) is 5.75 Å². The van der Waals surface area contributed by atoms with E-state index in [4.69, 9.17) is 50.5 Å². The van der Waals surface area contributed by atoms with Crippen molar-refractivity contribution in [2.45, 2.75) is 44.7 Å². The van der Waals surface area contributed by atoms with E-state index in [1.165, 1.54) is 42.9 Å². The molecule has 0 aliphatic heterocycles. The molecular weight excluding hydrogens is 1120 g/mol. The molecule has 420 valence electrons. The minimum atomic E-state index is -3.82. The summed E-state index contributed by atoms with van der Waals surface area (Å²) in [6.45, 7) is 13.0. The van der Waals surface area contributed by atoms with Crippen LogP contribution in [0.1, 0.15) is 54.0 Å². The Hall–Kier alpha value is -6.18. The third-order valence-corrected chi connectivity index (χ3v) is 14.7. The van der Waals surface area contributed by atoms with Crippen molar-refractivity contribution in [3.05, 3.63) is 111 Å². The van der Waals surface area contributed by atoms with E-state index in [2.05, 4.69) is 62.6 Å². The Morgan fingerprint density at radius 2 is 1.38 bits per heavy atom. The summed E-state index contributed by atoms with van der Waals surface area (Å²) in [5.41, 5.74) is 5.54. The average molecular weight is 1190 g/mol. The molecule has 5 aromatic rings. The number of amides is 2. The second-order valence-electron chi connectivity index (χ2n) is 18.8. The summed E-state index contributed by atoms with van der Waals surface area (Å²) in [4.78, 5) is 44.4. The van der Waals surface area contributed by atoms with Crippen LogP contribution in [0.15, 0.2) is 88.6 Å². The van der Waals surface area contributed by atoms with Crippen LogP contribution >= 0.6 is 27.5 Å². The first-order valence-electron chi connectivity index (χ1n) is 24.7. The SMILES string of the molecule is CN(CCOCCOCCOCCOCCOCCOCCNS(=O)(=O)c1ccc(Nc2ncc(Br)c(Nc3cccc(F)c3C(N)=O)n2)cc1)c1ncc(C(=O)NC2C(C)(C)C(Oc3ccc(C#N)c(Cl)c3)C2(C)C)cn1. The largest absolute Gasteiger partial charge is 0.489 e. The lowest BCUT2D eigenvalue weighted by Crippen LogP contribution is -2.74. The smallest absolute Gasteiger partial charge is 0.254 e. The van der Waals surface area contributed by atoms with Crippen LogP contribution in [-0.2, 0) is 38.4 Å². The molecule has 0 spiro atoms. The molecular formula is C52H64BrClFN11O11S. The number of primary amides is 1. The first-order chi connectivity index (χ1) is 37.3. The molecule has 0 unspecified atom stereocenters. The van der Waals surface area contributed by atoms with Gasteiger partial charge in [-0.15, -0.1) is 0 Å². The van der Waals surface area contributed by atoms with Gasteiger partial charge in [0.1, 0.15) is 29.6 Å². The van der Waals surface area contributed by atoms with Crippen molar-refractivity contribution < 1.29 is 55.6 Å². The molecule has 6 N–H and O–H groups in total. The standard InChI is InChI=1S/C52H64BrClFN11O11S/c1-51(2)47(52(3,4)48(51)77-37-12-9-34(30-56)40(54)29-37)65-46(68)35-31-59-50(60-32-35)66(5)16-18-72-20-22-74-24-26-76-28-27-75-25-23-73-21-19-71-17-15-61-78(69,70)38-13-10-36(11-14-38)62-49-58-33-39(53)45(64-49)63-42-8-6-7-41(55)43(42)44(57)67/h6-14,29,31-33,47-48,61H,15-28H2,1-5H3,(H2,57,67)(H,65,68)(H2,58,62,63,64).